The molecule has 2 saturated heterocycles. The average Bonchev–Trinajstić information content (AvgIpc) is 2.82. The number of benzene rings is 2. The quantitative estimate of drug-likeness (QED) is 0.739. The summed E-state index contributed by atoms with van der Waals surface area (Å²) in [6.45, 7) is 3.49. The Kier molecular flexibility index (Phi) is 6.59. The van der Waals surface area contributed by atoms with Gasteiger partial charge in [-0.3, -0.25) is 24.7 Å². The van der Waals surface area contributed by atoms with Crippen LogP contribution in [0, 0.1) is 0 Å². The third-order valence-corrected chi connectivity index (χ3v) is 5.57. The highest BCUT2D eigenvalue weighted by atomic mass is 16.5. The molecule has 2 aliphatic rings. The Bertz CT molecular complexity index is 926. The molecule has 162 valence electrons. The van der Waals surface area contributed by atoms with E-state index in [0.29, 0.717) is 31.0 Å². The lowest BCUT2D eigenvalue weighted by molar-refractivity contribution is -0.130. The van der Waals surface area contributed by atoms with E-state index in [1.165, 1.54) is 5.01 Å². The zero-order chi connectivity index (χ0) is 21.6. The van der Waals surface area contributed by atoms with Gasteiger partial charge >= 0.3 is 0 Å². The molecule has 2 aromatic rings. The van der Waals surface area contributed by atoms with Crippen LogP contribution in [0.25, 0.3) is 0 Å². The number of anilines is 1. The van der Waals surface area contributed by atoms with Crippen molar-refractivity contribution < 1.29 is 19.1 Å². The number of hydrogen-bond donors (Lipinski definition) is 2. The Morgan fingerprint density at radius 3 is 2.42 bits per heavy atom. The number of amides is 3. The lowest BCUT2D eigenvalue weighted by Gasteiger charge is -2.35. The van der Waals surface area contributed by atoms with Crippen molar-refractivity contribution in [3.05, 3.63) is 65.7 Å². The Morgan fingerprint density at radius 1 is 1.00 bits per heavy atom. The van der Waals surface area contributed by atoms with Crippen LogP contribution in [-0.2, 0) is 14.3 Å². The van der Waals surface area contributed by atoms with E-state index in [0.717, 1.165) is 18.7 Å². The maximum atomic E-state index is 12.8. The van der Waals surface area contributed by atoms with Gasteiger partial charge in [-0.05, 0) is 29.8 Å². The van der Waals surface area contributed by atoms with Gasteiger partial charge in [-0.25, -0.2) is 5.01 Å². The van der Waals surface area contributed by atoms with Crippen LogP contribution in [0.5, 0.6) is 0 Å². The predicted octanol–water partition coefficient (Wildman–Crippen LogP) is 1.65. The van der Waals surface area contributed by atoms with Crippen molar-refractivity contribution in [2.75, 3.05) is 37.9 Å². The van der Waals surface area contributed by atoms with Crippen LogP contribution in [0.4, 0.5) is 5.69 Å². The molecule has 1 atom stereocenters. The maximum absolute atomic E-state index is 12.8. The molecule has 2 fully saturated rings. The molecular weight excluding hydrogens is 396 g/mol. The Hall–Kier alpha value is -3.23. The first-order chi connectivity index (χ1) is 15.1. The molecule has 2 aromatic carbocycles. The molecule has 2 N–H and O–H groups in total. The van der Waals surface area contributed by atoms with E-state index < -0.39 is 0 Å². The summed E-state index contributed by atoms with van der Waals surface area (Å²) in [7, 11) is 0. The number of ether oxygens (including phenoxy) is 1. The van der Waals surface area contributed by atoms with Gasteiger partial charge in [0.2, 0.25) is 11.8 Å². The average molecular weight is 422 g/mol. The molecule has 4 rings (SSSR count). The monoisotopic (exact) mass is 422 g/mol. The summed E-state index contributed by atoms with van der Waals surface area (Å²) < 4.78 is 5.47. The number of nitrogens with zero attached hydrogens (tertiary/aromatic N) is 2. The van der Waals surface area contributed by atoms with Gasteiger partial charge in [0.1, 0.15) is 0 Å². The molecule has 0 aliphatic carbocycles. The Morgan fingerprint density at radius 2 is 1.71 bits per heavy atom. The summed E-state index contributed by atoms with van der Waals surface area (Å²) in [5.41, 5.74) is 4.73. The smallest absolute Gasteiger partial charge is 0.251 e. The summed E-state index contributed by atoms with van der Waals surface area (Å²) in [5, 5.41) is 4.27. The van der Waals surface area contributed by atoms with E-state index >= 15 is 0 Å². The van der Waals surface area contributed by atoms with Gasteiger partial charge in [-0.1, -0.05) is 30.3 Å². The minimum Gasteiger partial charge on any atom is -0.379 e. The normalized spacial score (nSPS) is 18.4. The molecule has 1 unspecified atom stereocenters. The summed E-state index contributed by atoms with van der Waals surface area (Å²) in [4.78, 5) is 38.7. The van der Waals surface area contributed by atoms with Gasteiger partial charge in [-0.15, -0.1) is 0 Å². The van der Waals surface area contributed by atoms with Crippen LogP contribution in [-0.4, -0.2) is 55.5 Å². The number of hydrazine groups is 1. The highest BCUT2D eigenvalue weighted by Crippen LogP contribution is 2.22. The number of carbonyl (C=O) groups excluding carboxylic acids is 3. The zero-order valence-electron chi connectivity index (χ0n) is 17.3. The van der Waals surface area contributed by atoms with Crippen LogP contribution in [0.1, 0.15) is 34.8 Å². The highest BCUT2D eigenvalue weighted by Gasteiger charge is 2.25. The molecule has 2 heterocycles. The van der Waals surface area contributed by atoms with Crippen LogP contribution in [0.15, 0.2) is 54.6 Å². The SMILES string of the molecule is O=C1CCC(=O)N(c2ccc(C(=O)NCC(c3ccccc3)N3CCOCC3)cc2)N1. The molecular formula is C23H26N4O4. The van der Waals surface area contributed by atoms with E-state index in [-0.39, 0.29) is 36.6 Å². The summed E-state index contributed by atoms with van der Waals surface area (Å²) in [5.74, 6) is -0.556. The molecule has 2 aliphatic heterocycles. The highest BCUT2D eigenvalue weighted by molar-refractivity contribution is 6.01. The zero-order valence-corrected chi connectivity index (χ0v) is 17.3. The third-order valence-electron chi connectivity index (χ3n) is 5.57. The van der Waals surface area contributed by atoms with E-state index in [1.54, 1.807) is 24.3 Å². The second-order valence-corrected chi connectivity index (χ2v) is 7.60. The second-order valence-electron chi connectivity index (χ2n) is 7.60. The lowest BCUT2D eigenvalue weighted by Crippen LogP contribution is -2.50. The van der Waals surface area contributed by atoms with E-state index in [1.807, 2.05) is 18.2 Å². The summed E-state index contributed by atoms with van der Waals surface area (Å²) in [6.07, 6.45) is 0.373. The van der Waals surface area contributed by atoms with Crippen LogP contribution >= 0.6 is 0 Å². The largest absolute Gasteiger partial charge is 0.379 e. The molecule has 0 bridgehead atoms. The van der Waals surface area contributed by atoms with Crippen LogP contribution < -0.4 is 15.8 Å². The molecule has 0 radical (unpaired) electrons. The van der Waals surface area contributed by atoms with Crippen LogP contribution in [0.3, 0.4) is 0 Å². The summed E-state index contributed by atoms with van der Waals surface area (Å²) >= 11 is 0. The fourth-order valence-corrected chi connectivity index (χ4v) is 3.86. The molecule has 0 saturated carbocycles. The number of morpholine rings is 1. The fourth-order valence-electron chi connectivity index (χ4n) is 3.86. The topological polar surface area (TPSA) is 91.0 Å². The van der Waals surface area contributed by atoms with E-state index in [2.05, 4.69) is 27.8 Å². The number of hydrogen-bond acceptors (Lipinski definition) is 5. The fraction of sp³-hybridized carbons (Fsp3) is 0.348. The number of carbonyl (C=O) groups is 3. The van der Waals surface area contributed by atoms with Gasteiger partial charge in [0, 0.05) is 38.0 Å². The number of rotatable bonds is 6. The first kappa shape index (κ1) is 21.0. The van der Waals surface area contributed by atoms with Gasteiger partial charge < -0.3 is 10.1 Å². The van der Waals surface area contributed by atoms with Gasteiger partial charge in [0.15, 0.2) is 0 Å². The molecule has 31 heavy (non-hydrogen) atoms. The predicted molar refractivity (Wildman–Crippen MR) is 115 cm³/mol. The molecule has 0 spiro atoms. The Labute approximate surface area is 181 Å². The van der Waals surface area contributed by atoms with Crippen LogP contribution in [0.2, 0.25) is 0 Å². The maximum Gasteiger partial charge on any atom is 0.251 e. The molecule has 0 aromatic heterocycles. The van der Waals surface area contributed by atoms with Crippen molar-refractivity contribution in [1.29, 1.82) is 0 Å². The van der Waals surface area contributed by atoms with E-state index in [9.17, 15) is 14.4 Å². The van der Waals surface area contributed by atoms with Gasteiger partial charge in [-0.2, -0.15) is 0 Å². The third kappa shape index (κ3) is 5.10. The first-order valence-corrected chi connectivity index (χ1v) is 10.5. The van der Waals surface area contributed by atoms with Crippen molar-refractivity contribution in [1.82, 2.24) is 15.6 Å². The van der Waals surface area contributed by atoms with Gasteiger partial charge in [0.05, 0.1) is 24.9 Å². The second kappa shape index (κ2) is 9.72. The first-order valence-electron chi connectivity index (χ1n) is 10.5. The van der Waals surface area contributed by atoms with Crippen molar-refractivity contribution in [3.8, 4) is 0 Å². The van der Waals surface area contributed by atoms with Crippen molar-refractivity contribution in [3.63, 3.8) is 0 Å². The van der Waals surface area contributed by atoms with Gasteiger partial charge in [0.25, 0.3) is 5.91 Å². The van der Waals surface area contributed by atoms with E-state index in [4.69, 9.17) is 4.74 Å². The van der Waals surface area contributed by atoms with Crippen molar-refractivity contribution in [2.45, 2.75) is 18.9 Å². The van der Waals surface area contributed by atoms with Crippen molar-refractivity contribution in [2.24, 2.45) is 0 Å². The number of nitrogens with one attached hydrogen (secondary N) is 2. The minimum atomic E-state index is -0.198. The lowest BCUT2D eigenvalue weighted by atomic mass is 10.0. The molecule has 8 nitrogen and oxygen atoms in total. The standard InChI is InChI=1S/C23H26N4O4/c28-21-10-11-22(29)27(25-21)19-8-6-18(7-9-19)23(30)24-16-20(17-4-2-1-3-5-17)26-12-14-31-15-13-26/h1-9,20H,10-16H2,(H,24,30)(H,25,28). The summed E-state index contributed by atoms with van der Waals surface area (Å²) in [6, 6.07) is 16.8. The minimum absolute atomic E-state index is 0.0644. The Balaban J connectivity index is 1.41. The molecule has 3 amide bonds. The molecule has 8 heteroatoms. The van der Waals surface area contributed by atoms with Crippen molar-refractivity contribution >= 4 is 23.4 Å².